The minimum absolute atomic E-state index is 0.915. The van der Waals surface area contributed by atoms with Crippen molar-refractivity contribution in [1.82, 2.24) is 0 Å². The molecule has 6 rings (SSSR count). The number of benzene rings is 4. The summed E-state index contributed by atoms with van der Waals surface area (Å²) in [5.41, 5.74) is 8.43. The average molecular weight is 362 g/mol. The maximum absolute atomic E-state index is 6.27. The van der Waals surface area contributed by atoms with Gasteiger partial charge in [-0.05, 0) is 67.4 Å². The molecule has 0 atom stereocenters. The zero-order chi connectivity index (χ0) is 18.8. The summed E-state index contributed by atoms with van der Waals surface area (Å²) < 4.78 is 12.3. The SMILES string of the molecule is Cc1ccc2oc3ccc(-c4cc(C)cc5c4oc4ccccc45)cc3c2c1. The summed E-state index contributed by atoms with van der Waals surface area (Å²) in [5.74, 6) is 0. The van der Waals surface area contributed by atoms with Crippen LogP contribution in [-0.4, -0.2) is 0 Å². The summed E-state index contributed by atoms with van der Waals surface area (Å²) in [4.78, 5) is 0. The van der Waals surface area contributed by atoms with E-state index in [4.69, 9.17) is 8.83 Å². The topological polar surface area (TPSA) is 26.3 Å². The molecule has 4 aromatic carbocycles. The minimum atomic E-state index is 0.915. The van der Waals surface area contributed by atoms with Crippen molar-refractivity contribution < 1.29 is 8.83 Å². The second-order valence-electron chi connectivity index (χ2n) is 7.60. The van der Waals surface area contributed by atoms with Crippen molar-refractivity contribution >= 4 is 43.9 Å². The first-order chi connectivity index (χ1) is 13.7. The lowest BCUT2D eigenvalue weighted by Crippen LogP contribution is -1.82. The van der Waals surface area contributed by atoms with Gasteiger partial charge in [0.2, 0.25) is 0 Å². The summed E-state index contributed by atoms with van der Waals surface area (Å²) in [6.45, 7) is 4.25. The third-order valence-electron chi connectivity index (χ3n) is 5.56. The first-order valence-electron chi connectivity index (χ1n) is 9.52. The number of fused-ring (bicyclic) bond motifs is 6. The van der Waals surface area contributed by atoms with E-state index < -0.39 is 0 Å². The van der Waals surface area contributed by atoms with Crippen molar-refractivity contribution in [3.63, 3.8) is 0 Å². The van der Waals surface area contributed by atoms with Crippen LogP contribution >= 0.6 is 0 Å². The number of rotatable bonds is 1. The fraction of sp³-hybridized carbons (Fsp3) is 0.0769. The molecule has 28 heavy (non-hydrogen) atoms. The Hall–Kier alpha value is -3.52. The van der Waals surface area contributed by atoms with Gasteiger partial charge in [-0.25, -0.2) is 0 Å². The first-order valence-corrected chi connectivity index (χ1v) is 9.52. The molecule has 0 aliphatic heterocycles. The third kappa shape index (κ3) is 2.15. The van der Waals surface area contributed by atoms with E-state index in [9.17, 15) is 0 Å². The van der Waals surface area contributed by atoms with Gasteiger partial charge in [-0.2, -0.15) is 0 Å². The quantitative estimate of drug-likeness (QED) is 0.299. The Bertz CT molecular complexity index is 1530. The Morgan fingerprint density at radius 1 is 0.536 bits per heavy atom. The highest BCUT2D eigenvalue weighted by atomic mass is 16.3. The van der Waals surface area contributed by atoms with E-state index >= 15 is 0 Å². The summed E-state index contributed by atoms with van der Waals surface area (Å²) in [6, 6.07) is 25.4. The van der Waals surface area contributed by atoms with Crippen LogP contribution in [0.25, 0.3) is 55.0 Å². The molecular formula is C26H18O2. The van der Waals surface area contributed by atoms with Crippen LogP contribution in [0.3, 0.4) is 0 Å². The molecule has 134 valence electrons. The van der Waals surface area contributed by atoms with Crippen molar-refractivity contribution in [2.24, 2.45) is 0 Å². The molecule has 2 heteroatoms. The highest BCUT2D eigenvalue weighted by molar-refractivity contribution is 6.11. The number of hydrogen-bond donors (Lipinski definition) is 0. The second kappa shape index (κ2) is 5.49. The third-order valence-corrected chi connectivity index (χ3v) is 5.56. The van der Waals surface area contributed by atoms with Gasteiger partial charge in [0, 0.05) is 27.1 Å². The molecule has 2 aromatic heterocycles. The van der Waals surface area contributed by atoms with E-state index in [1.807, 2.05) is 12.1 Å². The van der Waals surface area contributed by atoms with Crippen LogP contribution in [0.5, 0.6) is 0 Å². The van der Waals surface area contributed by atoms with Gasteiger partial charge in [0.1, 0.15) is 22.3 Å². The molecule has 2 nitrogen and oxygen atoms in total. The normalized spacial score (nSPS) is 11.9. The lowest BCUT2D eigenvalue weighted by Gasteiger charge is -2.05. The van der Waals surface area contributed by atoms with Crippen LogP contribution in [0.2, 0.25) is 0 Å². The molecule has 6 aromatic rings. The van der Waals surface area contributed by atoms with Crippen molar-refractivity contribution in [2.45, 2.75) is 13.8 Å². The largest absolute Gasteiger partial charge is 0.456 e. The van der Waals surface area contributed by atoms with Crippen LogP contribution in [0.15, 0.2) is 81.6 Å². The molecule has 0 saturated heterocycles. The van der Waals surface area contributed by atoms with Crippen LogP contribution < -0.4 is 0 Å². The molecule has 0 spiro atoms. The molecule has 0 N–H and O–H groups in total. The maximum atomic E-state index is 6.27. The summed E-state index contributed by atoms with van der Waals surface area (Å²) in [6.07, 6.45) is 0. The standard InChI is InChI=1S/C26H18O2/c1-15-7-9-24-20(11-15)21-14-17(8-10-25(21)27-24)19-12-16(2)13-22-18-5-3-4-6-23(18)28-26(19)22/h3-14H,1-2H3. The Kier molecular flexibility index (Phi) is 3.05. The lowest BCUT2D eigenvalue weighted by molar-refractivity contribution is 0.668. The van der Waals surface area contributed by atoms with E-state index in [0.717, 1.165) is 49.6 Å². The van der Waals surface area contributed by atoms with Gasteiger partial charge < -0.3 is 8.83 Å². The summed E-state index contributed by atoms with van der Waals surface area (Å²) in [5, 5.41) is 4.62. The monoisotopic (exact) mass is 362 g/mol. The Morgan fingerprint density at radius 3 is 2.14 bits per heavy atom. The van der Waals surface area contributed by atoms with Gasteiger partial charge >= 0.3 is 0 Å². The number of hydrogen-bond acceptors (Lipinski definition) is 2. The Balaban J connectivity index is 1.69. The van der Waals surface area contributed by atoms with E-state index in [0.29, 0.717) is 0 Å². The smallest absolute Gasteiger partial charge is 0.143 e. The molecule has 2 heterocycles. The number of aryl methyl sites for hydroxylation is 2. The van der Waals surface area contributed by atoms with E-state index in [-0.39, 0.29) is 0 Å². The van der Waals surface area contributed by atoms with E-state index in [1.54, 1.807) is 0 Å². The van der Waals surface area contributed by atoms with E-state index in [1.165, 1.54) is 16.5 Å². The summed E-state index contributed by atoms with van der Waals surface area (Å²) >= 11 is 0. The highest BCUT2D eigenvalue weighted by Gasteiger charge is 2.15. The zero-order valence-electron chi connectivity index (χ0n) is 15.7. The molecule has 0 radical (unpaired) electrons. The molecule has 0 saturated carbocycles. The predicted octanol–water partition coefficient (Wildman–Crippen LogP) is 7.77. The van der Waals surface area contributed by atoms with Gasteiger partial charge in [-0.3, -0.25) is 0 Å². The molecule has 0 fully saturated rings. The maximum Gasteiger partial charge on any atom is 0.143 e. The van der Waals surface area contributed by atoms with Crippen LogP contribution in [0.1, 0.15) is 11.1 Å². The number of furan rings is 2. The minimum Gasteiger partial charge on any atom is -0.456 e. The molecule has 0 bridgehead atoms. The molecule has 0 aliphatic rings. The molecule has 0 aliphatic carbocycles. The predicted molar refractivity (Wildman–Crippen MR) is 116 cm³/mol. The molecule has 0 amide bonds. The van der Waals surface area contributed by atoms with Crippen molar-refractivity contribution in [3.05, 3.63) is 83.9 Å². The summed E-state index contributed by atoms with van der Waals surface area (Å²) in [7, 11) is 0. The van der Waals surface area contributed by atoms with Crippen molar-refractivity contribution in [2.75, 3.05) is 0 Å². The zero-order valence-corrected chi connectivity index (χ0v) is 15.7. The van der Waals surface area contributed by atoms with Crippen molar-refractivity contribution in [3.8, 4) is 11.1 Å². The molecular weight excluding hydrogens is 344 g/mol. The fourth-order valence-electron chi connectivity index (χ4n) is 4.24. The highest BCUT2D eigenvalue weighted by Crippen LogP contribution is 2.39. The Morgan fingerprint density at radius 2 is 1.25 bits per heavy atom. The van der Waals surface area contributed by atoms with Crippen LogP contribution in [-0.2, 0) is 0 Å². The lowest BCUT2D eigenvalue weighted by atomic mass is 9.98. The number of para-hydroxylation sites is 1. The van der Waals surface area contributed by atoms with Gasteiger partial charge in [0.25, 0.3) is 0 Å². The van der Waals surface area contributed by atoms with Gasteiger partial charge in [-0.1, -0.05) is 35.9 Å². The average Bonchev–Trinajstić information content (AvgIpc) is 3.25. The second-order valence-corrected chi connectivity index (χ2v) is 7.60. The van der Waals surface area contributed by atoms with Gasteiger partial charge in [0.05, 0.1) is 0 Å². The van der Waals surface area contributed by atoms with E-state index in [2.05, 4.69) is 74.5 Å². The van der Waals surface area contributed by atoms with Gasteiger partial charge in [-0.15, -0.1) is 0 Å². The van der Waals surface area contributed by atoms with Crippen LogP contribution in [0, 0.1) is 13.8 Å². The van der Waals surface area contributed by atoms with Crippen LogP contribution in [0.4, 0.5) is 0 Å². The first kappa shape index (κ1) is 15.5. The van der Waals surface area contributed by atoms with Crippen molar-refractivity contribution in [1.29, 1.82) is 0 Å². The molecule has 0 unspecified atom stereocenters. The van der Waals surface area contributed by atoms with Gasteiger partial charge in [0.15, 0.2) is 0 Å². The fourth-order valence-corrected chi connectivity index (χ4v) is 4.24. The Labute approximate surface area is 162 Å².